The maximum atomic E-state index is 12.7. The van der Waals surface area contributed by atoms with Gasteiger partial charge >= 0.3 is 0 Å². The van der Waals surface area contributed by atoms with Crippen LogP contribution in [0.3, 0.4) is 0 Å². The Bertz CT molecular complexity index is 881. The Morgan fingerprint density at radius 3 is 2.58 bits per heavy atom. The predicted molar refractivity (Wildman–Crippen MR) is 97.6 cm³/mol. The highest BCUT2D eigenvalue weighted by Crippen LogP contribution is 2.25. The molecule has 3 rings (SSSR count). The number of methoxy groups -OCH3 is 1. The summed E-state index contributed by atoms with van der Waals surface area (Å²) in [5, 5.41) is 5.44. The summed E-state index contributed by atoms with van der Waals surface area (Å²) in [4.78, 5) is 12.7. The van der Waals surface area contributed by atoms with Crippen LogP contribution in [0.15, 0.2) is 60.7 Å². The van der Waals surface area contributed by atoms with Gasteiger partial charge in [-0.1, -0.05) is 48.5 Å². The van der Waals surface area contributed by atoms with Crippen molar-refractivity contribution in [1.29, 1.82) is 0 Å². The largest absolute Gasteiger partial charge is 0.497 e. The van der Waals surface area contributed by atoms with Crippen molar-refractivity contribution >= 4 is 16.7 Å². The van der Waals surface area contributed by atoms with Gasteiger partial charge in [0.15, 0.2) is 0 Å². The molecule has 0 heterocycles. The molecule has 3 nitrogen and oxygen atoms in total. The second-order valence-corrected chi connectivity index (χ2v) is 5.94. The Morgan fingerprint density at radius 2 is 1.79 bits per heavy atom. The molecule has 0 aliphatic rings. The fourth-order valence-corrected chi connectivity index (χ4v) is 2.95. The third-order valence-corrected chi connectivity index (χ3v) is 4.33. The Hall–Kier alpha value is -2.81. The number of carbonyl (C=O) groups excluding carboxylic acids is 1. The molecule has 1 amide bonds. The van der Waals surface area contributed by atoms with Crippen molar-refractivity contribution in [3.63, 3.8) is 0 Å². The maximum absolute atomic E-state index is 12.7. The lowest BCUT2D eigenvalue weighted by atomic mass is 9.99. The van der Waals surface area contributed by atoms with E-state index in [1.807, 2.05) is 44.2 Å². The van der Waals surface area contributed by atoms with Gasteiger partial charge in [-0.2, -0.15) is 0 Å². The molecular formula is C21H21NO2. The average Bonchev–Trinajstić information content (AvgIpc) is 2.61. The van der Waals surface area contributed by atoms with E-state index in [0.717, 1.165) is 16.5 Å². The first-order chi connectivity index (χ1) is 11.6. The van der Waals surface area contributed by atoms with E-state index in [1.165, 1.54) is 5.39 Å². The zero-order chi connectivity index (χ0) is 17.1. The van der Waals surface area contributed by atoms with Gasteiger partial charge < -0.3 is 10.1 Å². The minimum atomic E-state index is -0.0909. The second kappa shape index (κ2) is 6.75. The van der Waals surface area contributed by atoms with Gasteiger partial charge in [0, 0.05) is 5.56 Å². The van der Waals surface area contributed by atoms with Crippen molar-refractivity contribution in [2.75, 3.05) is 7.11 Å². The molecule has 0 radical (unpaired) electrons. The average molecular weight is 319 g/mol. The highest BCUT2D eigenvalue weighted by atomic mass is 16.5. The smallest absolute Gasteiger partial charge is 0.252 e. The third kappa shape index (κ3) is 3.11. The number of hydrogen-bond acceptors (Lipinski definition) is 2. The Labute approximate surface area is 142 Å². The molecule has 0 saturated carbocycles. The van der Waals surface area contributed by atoms with Gasteiger partial charge in [0.2, 0.25) is 0 Å². The summed E-state index contributed by atoms with van der Waals surface area (Å²) in [5.74, 6) is 0.593. The number of aryl methyl sites for hydroxylation is 1. The van der Waals surface area contributed by atoms with Crippen LogP contribution in [-0.4, -0.2) is 13.0 Å². The lowest BCUT2D eigenvalue weighted by molar-refractivity contribution is 0.0939. The van der Waals surface area contributed by atoms with E-state index in [2.05, 4.69) is 29.6 Å². The molecule has 0 bridgehead atoms. The molecule has 3 heteroatoms. The summed E-state index contributed by atoms with van der Waals surface area (Å²) in [6.07, 6.45) is 0. The Morgan fingerprint density at radius 1 is 1.04 bits per heavy atom. The standard InChI is InChI=1S/C21H21NO2/c1-14-11-12-17(24-3)13-20(14)21(23)22-15(2)18-10-6-8-16-7-4-5-9-19(16)18/h4-13,15H,1-3H3,(H,22,23). The minimum Gasteiger partial charge on any atom is -0.497 e. The number of ether oxygens (including phenoxy) is 1. The van der Waals surface area contributed by atoms with Crippen LogP contribution >= 0.6 is 0 Å². The molecule has 0 fully saturated rings. The van der Waals surface area contributed by atoms with Crippen LogP contribution in [0.1, 0.15) is 34.5 Å². The second-order valence-electron chi connectivity index (χ2n) is 5.94. The number of amides is 1. The summed E-state index contributed by atoms with van der Waals surface area (Å²) < 4.78 is 5.23. The molecule has 0 aromatic heterocycles. The fourth-order valence-electron chi connectivity index (χ4n) is 2.95. The number of benzene rings is 3. The van der Waals surface area contributed by atoms with Crippen molar-refractivity contribution in [3.8, 4) is 5.75 Å². The van der Waals surface area contributed by atoms with Crippen LogP contribution in [0, 0.1) is 6.92 Å². The molecular weight excluding hydrogens is 298 g/mol. The van der Waals surface area contributed by atoms with Crippen molar-refractivity contribution in [2.24, 2.45) is 0 Å². The van der Waals surface area contributed by atoms with Gasteiger partial charge in [0.25, 0.3) is 5.91 Å². The van der Waals surface area contributed by atoms with Crippen LogP contribution in [0.4, 0.5) is 0 Å². The predicted octanol–water partition coefficient (Wildman–Crippen LogP) is 4.65. The molecule has 0 aliphatic heterocycles. The van der Waals surface area contributed by atoms with Crippen LogP contribution in [-0.2, 0) is 0 Å². The van der Waals surface area contributed by atoms with Gasteiger partial charge in [0.05, 0.1) is 13.2 Å². The van der Waals surface area contributed by atoms with Gasteiger partial charge in [-0.3, -0.25) is 4.79 Å². The van der Waals surface area contributed by atoms with E-state index >= 15 is 0 Å². The molecule has 1 unspecified atom stereocenters. The monoisotopic (exact) mass is 319 g/mol. The first-order valence-electron chi connectivity index (χ1n) is 8.03. The highest BCUT2D eigenvalue weighted by molar-refractivity contribution is 5.96. The van der Waals surface area contributed by atoms with E-state index < -0.39 is 0 Å². The zero-order valence-electron chi connectivity index (χ0n) is 14.2. The number of rotatable bonds is 4. The van der Waals surface area contributed by atoms with Gasteiger partial charge in [0.1, 0.15) is 5.75 Å². The molecule has 3 aromatic carbocycles. The van der Waals surface area contributed by atoms with Gasteiger partial charge in [-0.05, 0) is 47.9 Å². The van der Waals surface area contributed by atoms with E-state index in [-0.39, 0.29) is 11.9 Å². The molecule has 122 valence electrons. The van der Waals surface area contributed by atoms with Crippen LogP contribution < -0.4 is 10.1 Å². The summed E-state index contributed by atoms with van der Waals surface area (Å²) in [6, 6.07) is 19.8. The van der Waals surface area contributed by atoms with E-state index in [1.54, 1.807) is 13.2 Å². The van der Waals surface area contributed by atoms with Crippen molar-refractivity contribution in [1.82, 2.24) is 5.32 Å². The Balaban J connectivity index is 1.89. The van der Waals surface area contributed by atoms with E-state index in [4.69, 9.17) is 4.74 Å². The molecule has 1 N–H and O–H groups in total. The first-order valence-corrected chi connectivity index (χ1v) is 8.03. The number of carbonyl (C=O) groups is 1. The van der Waals surface area contributed by atoms with Crippen LogP contribution in [0.25, 0.3) is 10.8 Å². The minimum absolute atomic E-state index is 0.0887. The topological polar surface area (TPSA) is 38.3 Å². The summed E-state index contributed by atoms with van der Waals surface area (Å²) in [5.41, 5.74) is 2.68. The first kappa shape index (κ1) is 16.1. The molecule has 1 atom stereocenters. The van der Waals surface area contributed by atoms with Crippen molar-refractivity contribution in [3.05, 3.63) is 77.4 Å². The quantitative estimate of drug-likeness (QED) is 0.760. The van der Waals surface area contributed by atoms with Crippen molar-refractivity contribution < 1.29 is 9.53 Å². The maximum Gasteiger partial charge on any atom is 0.252 e. The molecule has 0 saturated heterocycles. The Kier molecular flexibility index (Phi) is 4.52. The lowest BCUT2D eigenvalue weighted by Gasteiger charge is -2.18. The van der Waals surface area contributed by atoms with Crippen LogP contribution in [0.5, 0.6) is 5.75 Å². The number of nitrogens with one attached hydrogen (secondary N) is 1. The summed E-state index contributed by atoms with van der Waals surface area (Å²) >= 11 is 0. The highest BCUT2D eigenvalue weighted by Gasteiger charge is 2.15. The van der Waals surface area contributed by atoms with Crippen LogP contribution in [0.2, 0.25) is 0 Å². The van der Waals surface area contributed by atoms with E-state index in [9.17, 15) is 4.79 Å². The summed E-state index contributed by atoms with van der Waals surface area (Å²) in [7, 11) is 1.60. The lowest BCUT2D eigenvalue weighted by Crippen LogP contribution is -2.27. The number of hydrogen-bond donors (Lipinski definition) is 1. The van der Waals surface area contributed by atoms with Gasteiger partial charge in [-0.15, -0.1) is 0 Å². The van der Waals surface area contributed by atoms with Gasteiger partial charge in [-0.25, -0.2) is 0 Å². The van der Waals surface area contributed by atoms with Crippen molar-refractivity contribution in [2.45, 2.75) is 19.9 Å². The zero-order valence-corrected chi connectivity index (χ0v) is 14.2. The fraction of sp³-hybridized carbons (Fsp3) is 0.190. The molecule has 0 aliphatic carbocycles. The molecule has 0 spiro atoms. The molecule has 24 heavy (non-hydrogen) atoms. The third-order valence-electron chi connectivity index (χ3n) is 4.33. The summed E-state index contributed by atoms with van der Waals surface area (Å²) in [6.45, 7) is 3.94. The van der Waals surface area contributed by atoms with E-state index in [0.29, 0.717) is 11.3 Å². The SMILES string of the molecule is COc1ccc(C)c(C(=O)NC(C)c2cccc3ccccc23)c1. The normalized spacial score (nSPS) is 12.0. The molecule has 3 aromatic rings. The number of fused-ring (bicyclic) bond motifs is 1.